The third-order valence-corrected chi connectivity index (χ3v) is 6.90. The molecule has 4 atom stereocenters. The zero-order valence-electron chi connectivity index (χ0n) is 18.7. The lowest BCUT2D eigenvalue weighted by molar-refractivity contribution is -0.00334. The average Bonchev–Trinajstić information content (AvgIpc) is 3.39. The molecule has 0 radical (unpaired) electrons. The maximum Gasteiger partial charge on any atom is 0.333 e. The van der Waals surface area contributed by atoms with Crippen LogP contribution in [0.2, 0.25) is 5.02 Å². The lowest BCUT2D eigenvalue weighted by atomic mass is 9.95. The molecule has 0 unspecified atom stereocenters. The van der Waals surface area contributed by atoms with E-state index in [-0.39, 0.29) is 42.3 Å². The van der Waals surface area contributed by atoms with Crippen molar-refractivity contribution in [3.8, 4) is 0 Å². The number of hydrogen-bond acceptors (Lipinski definition) is 9. The number of nitrogens with zero attached hydrogens (tertiary/aromatic N) is 4. The second kappa shape index (κ2) is 10.7. The summed E-state index contributed by atoms with van der Waals surface area (Å²) in [5, 5.41) is 30.2. The minimum absolute atomic E-state index is 0.121. The highest BCUT2D eigenvalue weighted by Gasteiger charge is 2.42. The lowest BCUT2D eigenvalue weighted by Crippen LogP contribution is -2.31. The number of aromatic nitrogens is 4. The predicted molar refractivity (Wildman–Crippen MR) is 125 cm³/mol. The third-order valence-electron chi connectivity index (χ3n) is 6.08. The number of benzene rings is 1. The van der Waals surface area contributed by atoms with E-state index in [0.29, 0.717) is 11.3 Å². The van der Waals surface area contributed by atoms with Crippen molar-refractivity contribution in [2.75, 3.05) is 6.61 Å². The summed E-state index contributed by atoms with van der Waals surface area (Å²) in [4.78, 5) is 21.3. The molecule has 1 aromatic carbocycles. The normalized spacial score (nSPS) is 22.1. The number of nitrogens with two attached hydrogens (primary N) is 1. The Morgan fingerprint density at radius 3 is 2.72 bits per heavy atom. The molecule has 0 aliphatic heterocycles. The molecule has 0 spiro atoms. The van der Waals surface area contributed by atoms with Crippen molar-refractivity contribution >= 4 is 27.7 Å². The van der Waals surface area contributed by atoms with Gasteiger partial charge in [0.2, 0.25) is 5.78 Å². The molecule has 192 valence electrons. The number of aliphatic hydroxyl groups excluding tert-OH is 2. The zero-order valence-corrected chi connectivity index (χ0v) is 20.3. The molecular weight excluding hydrogens is 517 g/mol. The van der Waals surface area contributed by atoms with E-state index in [4.69, 9.17) is 16.7 Å². The van der Waals surface area contributed by atoms with Crippen molar-refractivity contribution < 1.29 is 32.0 Å². The Hall–Kier alpha value is -2.81. The van der Waals surface area contributed by atoms with E-state index in [1.807, 2.05) is 0 Å². The molecule has 14 heteroatoms. The maximum atomic E-state index is 13.3. The summed E-state index contributed by atoms with van der Waals surface area (Å²) < 4.78 is 41.5. The fourth-order valence-corrected chi connectivity index (χ4v) is 4.86. The Labute approximate surface area is 211 Å². The largest absolute Gasteiger partial charge is 0.390 e. The molecule has 1 aliphatic rings. The van der Waals surface area contributed by atoms with Gasteiger partial charge >= 0.3 is 10.3 Å². The van der Waals surface area contributed by atoms with E-state index in [1.54, 1.807) is 6.20 Å². The van der Waals surface area contributed by atoms with Crippen molar-refractivity contribution in [2.45, 2.75) is 31.6 Å². The molecule has 36 heavy (non-hydrogen) atoms. The van der Waals surface area contributed by atoms with Crippen LogP contribution in [0.15, 0.2) is 43.0 Å². The van der Waals surface area contributed by atoms with Gasteiger partial charge in [-0.2, -0.15) is 13.5 Å². The Kier molecular flexibility index (Phi) is 7.78. The minimum Gasteiger partial charge on any atom is -0.390 e. The van der Waals surface area contributed by atoms with Gasteiger partial charge < -0.3 is 10.2 Å². The zero-order chi connectivity index (χ0) is 26.0. The van der Waals surface area contributed by atoms with Crippen molar-refractivity contribution in [1.82, 2.24) is 19.7 Å². The van der Waals surface area contributed by atoms with Crippen LogP contribution in [0, 0.1) is 17.7 Å². The van der Waals surface area contributed by atoms with Gasteiger partial charge in [0.05, 0.1) is 36.6 Å². The van der Waals surface area contributed by atoms with Crippen LogP contribution in [0.3, 0.4) is 0 Å². The Bertz CT molecular complexity index is 1370. The van der Waals surface area contributed by atoms with E-state index in [9.17, 15) is 27.8 Å². The topological polar surface area (TPSA) is 171 Å². The first-order valence-corrected chi connectivity index (χ1v) is 12.7. The van der Waals surface area contributed by atoms with Gasteiger partial charge in [-0.3, -0.25) is 13.7 Å². The van der Waals surface area contributed by atoms with Gasteiger partial charge in [0.15, 0.2) is 0 Å². The number of ketones is 1. The molecule has 1 fully saturated rings. The summed E-state index contributed by atoms with van der Waals surface area (Å²) in [5.41, 5.74) is 1.26. The van der Waals surface area contributed by atoms with Crippen molar-refractivity contribution in [3.05, 3.63) is 76.3 Å². The van der Waals surface area contributed by atoms with Gasteiger partial charge in [-0.15, -0.1) is 0 Å². The number of halogens is 2. The summed E-state index contributed by atoms with van der Waals surface area (Å²) in [6, 6.07) is 5.53. The molecule has 1 aliphatic carbocycles. The highest BCUT2D eigenvalue weighted by molar-refractivity contribution is 7.84. The molecule has 4 rings (SSSR count). The van der Waals surface area contributed by atoms with Crippen LogP contribution in [0.25, 0.3) is 0 Å². The SMILES string of the molecule is NS(=O)(=O)OC[C@H]1C[C@@H](Cc2ncncc2C(=O)c2ccn(Cc3ccc(F)cc3Cl)n2)[C@H](O)[C@@H]1O. The number of hydrogen-bond donors (Lipinski definition) is 3. The first kappa shape index (κ1) is 26.3. The number of rotatable bonds is 9. The van der Waals surface area contributed by atoms with Crippen molar-refractivity contribution in [1.29, 1.82) is 0 Å². The maximum absolute atomic E-state index is 13.3. The van der Waals surface area contributed by atoms with Crippen LogP contribution in [0.5, 0.6) is 0 Å². The third kappa shape index (κ3) is 6.11. The monoisotopic (exact) mass is 539 g/mol. The standard InChI is InChI=1S/C22H23ClFN5O6S/c23-17-7-15(24)2-1-12(17)9-29-4-3-18(28-29)22(32)16-8-26-11-27-19(16)6-13-5-14(21(31)20(13)30)10-35-36(25,33)34/h1-4,7-8,11,13-14,20-21,30-31H,5-6,9-10H2,(H2,25,33,34)/t13-,14+,20-,21+/m0/s1. The smallest absolute Gasteiger partial charge is 0.333 e. The molecule has 0 bridgehead atoms. The number of carbonyl (C=O) groups excluding carboxylic acids is 1. The lowest BCUT2D eigenvalue weighted by Gasteiger charge is -2.17. The fourth-order valence-electron chi connectivity index (χ4n) is 4.27. The molecule has 2 heterocycles. The quantitative estimate of drug-likeness (QED) is 0.334. The molecule has 3 aromatic rings. The number of carbonyl (C=O) groups is 1. The minimum atomic E-state index is -4.19. The highest BCUT2D eigenvalue weighted by atomic mass is 35.5. The van der Waals surface area contributed by atoms with E-state index >= 15 is 0 Å². The van der Waals surface area contributed by atoms with Crippen molar-refractivity contribution in [3.63, 3.8) is 0 Å². The Morgan fingerprint density at radius 2 is 2.00 bits per heavy atom. The Morgan fingerprint density at radius 1 is 1.25 bits per heavy atom. The van der Waals surface area contributed by atoms with Gasteiger partial charge in [0.1, 0.15) is 17.8 Å². The van der Waals surface area contributed by atoms with Crippen molar-refractivity contribution in [2.24, 2.45) is 17.0 Å². The second-order valence-corrected chi connectivity index (χ2v) is 10.2. The van der Waals surface area contributed by atoms with Crippen LogP contribution < -0.4 is 5.14 Å². The first-order valence-electron chi connectivity index (χ1n) is 10.9. The van der Waals surface area contributed by atoms with E-state index in [2.05, 4.69) is 19.2 Å². The first-order chi connectivity index (χ1) is 17.0. The van der Waals surface area contributed by atoms with Crippen LogP contribution in [-0.4, -0.2) is 63.0 Å². The summed E-state index contributed by atoms with van der Waals surface area (Å²) >= 11 is 6.07. The van der Waals surface area contributed by atoms with Gasteiger partial charge in [-0.05, 0) is 42.5 Å². The molecule has 0 amide bonds. The summed E-state index contributed by atoms with van der Waals surface area (Å²) in [7, 11) is -4.19. The molecule has 2 aromatic heterocycles. The van der Waals surface area contributed by atoms with Gasteiger partial charge in [-0.1, -0.05) is 17.7 Å². The molecule has 11 nitrogen and oxygen atoms in total. The fraction of sp³-hybridized carbons (Fsp3) is 0.364. The van der Waals surface area contributed by atoms with Crippen LogP contribution in [-0.2, 0) is 27.5 Å². The van der Waals surface area contributed by atoms with Crippen LogP contribution in [0.4, 0.5) is 4.39 Å². The summed E-state index contributed by atoms with van der Waals surface area (Å²) in [5.74, 6) is -2.09. The highest BCUT2D eigenvalue weighted by Crippen LogP contribution is 2.35. The molecular formula is C22H23ClFN5O6S. The van der Waals surface area contributed by atoms with Crippen LogP contribution >= 0.6 is 11.6 Å². The van der Waals surface area contributed by atoms with E-state index in [0.717, 1.165) is 0 Å². The van der Waals surface area contributed by atoms with Gasteiger partial charge in [0.25, 0.3) is 0 Å². The summed E-state index contributed by atoms with van der Waals surface area (Å²) in [6.07, 6.45) is 2.13. The predicted octanol–water partition coefficient (Wildman–Crippen LogP) is 0.865. The Balaban J connectivity index is 1.48. The van der Waals surface area contributed by atoms with Crippen LogP contribution in [0.1, 0.15) is 33.7 Å². The van der Waals surface area contributed by atoms with Gasteiger partial charge in [0, 0.05) is 23.3 Å². The second-order valence-electron chi connectivity index (χ2n) is 8.57. The summed E-state index contributed by atoms with van der Waals surface area (Å²) in [6.45, 7) is -0.155. The molecule has 1 saturated carbocycles. The molecule has 0 saturated heterocycles. The van der Waals surface area contributed by atoms with E-state index < -0.39 is 45.9 Å². The number of aliphatic hydroxyl groups is 2. The van der Waals surface area contributed by atoms with Gasteiger partial charge in [-0.25, -0.2) is 19.5 Å². The van der Waals surface area contributed by atoms with E-state index in [1.165, 1.54) is 41.5 Å². The molecule has 4 N–H and O–H groups in total. The average molecular weight is 540 g/mol.